The number of thiazole rings is 1. The molecule has 1 saturated heterocycles. The topological polar surface area (TPSA) is 114 Å². The molecule has 1 fully saturated rings. The van der Waals surface area contributed by atoms with Gasteiger partial charge in [0.1, 0.15) is 21.8 Å². The smallest absolute Gasteiger partial charge is 0.270 e. The van der Waals surface area contributed by atoms with Gasteiger partial charge in [-0.05, 0) is 56.7 Å². The Hall–Kier alpha value is -3.05. The van der Waals surface area contributed by atoms with Crippen LogP contribution in [-0.2, 0) is 17.8 Å². The molecule has 2 heterocycles. The summed E-state index contributed by atoms with van der Waals surface area (Å²) < 4.78 is 2.08. The summed E-state index contributed by atoms with van der Waals surface area (Å²) in [5.74, 6) is 0.516. The molecule has 1 atom stereocenters. The molecule has 8 nitrogen and oxygen atoms in total. The second kappa shape index (κ2) is 13.1. The fraction of sp³-hybridized carbons (Fsp3) is 0.440. The van der Waals surface area contributed by atoms with Gasteiger partial charge < -0.3 is 10.6 Å². The van der Waals surface area contributed by atoms with E-state index in [1.165, 1.54) is 28.7 Å². The lowest BCUT2D eigenvalue weighted by Gasteiger charge is -2.23. The van der Waals surface area contributed by atoms with Crippen molar-refractivity contribution in [3.05, 3.63) is 49.4 Å². The van der Waals surface area contributed by atoms with Crippen molar-refractivity contribution in [3.63, 3.8) is 0 Å². The van der Waals surface area contributed by atoms with Crippen molar-refractivity contribution in [3.8, 4) is 12.1 Å². The average molecular weight is 511 g/mol. The highest BCUT2D eigenvalue weighted by atomic mass is 32.2. The lowest BCUT2D eigenvalue weighted by Crippen LogP contribution is -2.34. The van der Waals surface area contributed by atoms with Crippen molar-refractivity contribution in [2.45, 2.75) is 38.8 Å². The molecule has 1 aliphatic rings. The minimum absolute atomic E-state index is 0.174. The van der Waals surface area contributed by atoms with Crippen LogP contribution in [0.15, 0.2) is 29.1 Å². The van der Waals surface area contributed by atoms with Gasteiger partial charge in [-0.2, -0.15) is 22.3 Å². The van der Waals surface area contributed by atoms with Gasteiger partial charge in [-0.3, -0.25) is 19.1 Å². The van der Waals surface area contributed by atoms with Gasteiger partial charge in [-0.1, -0.05) is 12.1 Å². The van der Waals surface area contributed by atoms with E-state index in [4.69, 9.17) is 5.26 Å². The number of nitrogens with zero attached hydrogens (tertiary/aromatic N) is 4. The molecule has 184 valence electrons. The molecule has 0 saturated carbocycles. The van der Waals surface area contributed by atoms with Crippen LogP contribution in [0, 0.1) is 22.7 Å². The normalized spacial score (nSPS) is 17.0. The summed E-state index contributed by atoms with van der Waals surface area (Å²) in [6.07, 6.45) is 7.30. The average Bonchev–Trinajstić information content (AvgIpc) is 3.44. The van der Waals surface area contributed by atoms with E-state index in [2.05, 4.69) is 33.9 Å². The summed E-state index contributed by atoms with van der Waals surface area (Å²) in [7, 11) is 0. The van der Waals surface area contributed by atoms with Gasteiger partial charge in [-0.15, -0.1) is 11.3 Å². The predicted molar refractivity (Wildman–Crippen MR) is 142 cm³/mol. The van der Waals surface area contributed by atoms with Gasteiger partial charge in [0.2, 0.25) is 0 Å². The fourth-order valence-electron chi connectivity index (χ4n) is 4.21. The number of likely N-dealkylation sites (tertiary alicyclic amines) is 1. The van der Waals surface area contributed by atoms with E-state index in [0.717, 1.165) is 36.5 Å². The van der Waals surface area contributed by atoms with Crippen LogP contribution in [0.4, 0.5) is 5.69 Å². The first-order chi connectivity index (χ1) is 17.0. The minimum atomic E-state index is -0.664. The minimum Gasteiger partial charge on any atom is -0.360 e. The van der Waals surface area contributed by atoms with Crippen LogP contribution in [0.3, 0.4) is 0 Å². The van der Waals surface area contributed by atoms with Crippen LogP contribution in [-0.4, -0.2) is 53.1 Å². The van der Waals surface area contributed by atoms with Crippen molar-refractivity contribution < 1.29 is 4.79 Å². The largest absolute Gasteiger partial charge is 0.360 e. The number of nitriles is 2. The van der Waals surface area contributed by atoms with Crippen LogP contribution in [0.1, 0.15) is 25.3 Å². The van der Waals surface area contributed by atoms with Gasteiger partial charge in [0.05, 0.1) is 6.07 Å². The molecule has 35 heavy (non-hydrogen) atoms. The van der Waals surface area contributed by atoms with E-state index in [1.54, 1.807) is 13.1 Å². The molecule has 3 rings (SSSR count). The number of hydrogen-bond acceptors (Lipinski definition) is 8. The van der Waals surface area contributed by atoms with Crippen LogP contribution in [0.25, 0.3) is 11.8 Å². The van der Waals surface area contributed by atoms with Crippen LogP contribution < -0.4 is 25.4 Å². The third kappa shape index (κ3) is 6.76. The van der Waals surface area contributed by atoms with Crippen molar-refractivity contribution in [1.29, 1.82) is 10.5 Å². The van der Waals surface area contributed by atoms with Gasteiger partial charge in [-0.25, -0.2) is 0 Å². The van der Waals surface area contributed by atoms with Crippen molar-refractivity contribution >= 4 is 46.5 Å². The Bertz CT molecular complexity index is 1300. The van der Waals surface area contributed by atoms with E-state index < -0.39 is 5.91 Å². The van der Waals surface area contributed by atoms with Gasteiger partial charge in [0.15, 0.2) is 5.57 Å². The Morgan fingerprint density at radius 1 is 1.37 bits per heavy atom. The number of nitrogens with one attached hydrogen (secondary N) is 2. The molecule has 0 bridgehead atoms. The number of amides is 1. The van der Waals surface area contributed by atoms with Crippen molar-refractivity contribution in [2.75, 3.05) is 37.0 Å². The number of anilines is 1. The highest BCUT2D eigenvalue weighted by Gasteiger charge is 2.23. The monoisotopic (exact) mass is 510 g/mol. The van der Waals surface area contributed by atoms with E-state index in [-0.39, 0.29) is 22.3 Å². The van der Waals surface area contributed by atoms with Crippen molar-refractivity contribution in [1.82, 2.24) is 14.8 Å². The van der Waals surface area contributed by atoms with Crippen molar-refractivity contribution in [2.24, 2.45) is 0 Å². The summed E-state index contributed by atoms with van der Waals surface area (Å²) in [6.45, 7) is 4.09. The molecular formula is C25H30N6O2S2. The van der Waals surface area contributed by atoms with Crippen LogP contribution in [0.5, 0.6) is 0 Å². The van der Waals surface area contributed by atoms with E-state index in [0.29, 0.717) is 17.1 Å². The lowest BCUT2D eigenvalue weighted by molar-refractivity contribution is -0.115. The predicted octanol–water partition coefficient (Wildman–Crippen LogP) is 1.46. The van der Waals surface area contributed by atoms with Crippen LogP contribution >= 0.6 is 23.1 Å². The maximum Gasteiger partial charge on any atom is 0.270 e. The second-order valence-corrected chi connectivity index (χ2v) is 10.1. The molecule has 2 N–H and O–H groups in total. The molecule has 1 unspecified atom stereocenters. The van der Waals surface area contributed by atoms with E-state index >= 15 is 0 Å². The number of aromatic nitrogens is 1. The van der Waals surface area contributed by atoms with Crippen LogP contribution in [0.2, 0.25) is 0 Å². The van der Waals surface area contributed by atoms with Gasteiger partial charge >= 0.3 is 0 Å². The Morgan fingerprint density at radius 3 is 2.91 bits per heavy atom. The fourth-order valence-corrected chi connectivity index (χ4v) is 6.05. The molecule has 1 amide bonds. The molecule has 2 aromatic rings. The first-order valence-electron chi connectivity index (χ1n) is 11.6. The third-order valence-corrected chi connectivity index (χ3v) is 7.80. The number of carbonyl (C=O) groups excluding carboxylic acids is 1. The standard InChI is InChI=1S/C25H30N6O2S2/c1-3-31-24(33)22(35-25(31)21(15-27)23(32)28-11-10-26)16-29-19-7-4-6-18(14-19)9-13-30-12-5-8-20(30)17-34-2/h4,6-7,14,16,20,29H,3,5,8-9,11-13,17H2,1-2H3,(H,28,32)/b22-16+,25-21-. The third-order valence-electron chi connectivity index (χ3n) is 5.95. The first kappa shape index (κ1) is 26.6. The summed E-state index contributed by atoms with van der Waals surface area (Å²) in [6, 6.07) is 12.5. The Kier molecular flexibility index (Phi) is 9.98. The second-order valence-electron chi connectivity index (χ2n) is 8.17. The molecule has 1 aliphatic heterocycles. The van der Waals surface area contributed by atoms with Gasteiger partial charge in [0, 0.05) is 36.8 Å². The summed E-state index contributed by atoms with van der Waals surface area (Å²) in [4.78, 5) is 27.8. The Labute approximate surface area is 213 Å². The summed E-state index contributed by atoms with van der Waals surface area (Å²) in [5.41, 5.74) is 1.65. The number of thioether (sulfide) groups is 1. The number of rotatable bonds is 10. The maximum atomic E-state index is 12.9. The maximum absolute atomic E-state index is 12.9. The zero-order chi connectivity index (χ0) is 25.2. The quantitative estimate of drug-likeness (QED) is 0.465. The van der Waals surface area contributed by atoms with E-state index in [9.17, 15) is 14.9 Å². The summed E-state index contributed by atoms with van der Waals surface area (Å²) >= 11 is 2.99. The molecule has 1 aromatic heterocycles. The Morgan fingerprint density at radius 2 is 2.20 bits per heavy atom. The number of carbonyl (C=O) groups is 1. The van der Waals surface area contributed by atoms with Gasteiger partial charge in [0.25, 0.3) is 11.5 Å². The first-order valence-corrected chi connectivity index (χ1v) is 13.8. The SMILES string of the molecule is CCn1c(=O)/c(=C\Nc2cccc(CCN3CCCC3CSC)c2)s/c1=C(/C#N)C(=O)NCC#N. The molecule has 10 heteroatoms. The summed E-state index contributed by atoms with van der Waals surface area (Å²) in [5, 5.41) is 23.8. The Balaban J connectivity index is 1.80. The highest BCUT2D eigenvalue weighted by Crippen LogP contribution is 2.21. The van der Waals surface area contributed by atoms with E-state index in [1.807, 2.05) is 36.0 Å². The lowest BCUT2D eigenvalue weighted by atomic mass is 10.1. The molecular weight excluding hydrogens is 480 g/mol. The molecule has 0 radical (unpaired) electrons. The highest BCUT2D eigenvalue weighted by molar-refractivity contribution is 7.98. The zero-order valence-corrected chi connectivity index (χ0v) is 21.7. The number of hydrogen-bond donors (Lipinski definition) is 2. The number of benzene rings is 1. The molecule has 0 aliphatic carbocycles. The molecule has 1 aromatic carbocycles. The zero-order valence-electron chi connectivity index (χ0n) is 20.0. The molecule has 0 spiro atoms.